The number of carbonyl (C=O) groups excluding carboxylic acids is 1. The molecule has 0 N–H and O–H groups in total. The predicted octanol–water partition coefficient (Wildman–Crippen LogP) is 6.41. The van der Waals surface area contributed by atoms with Crippen molar-refractivity contribution in [1.29, 1.82) is 0 Å². The zero-order chi connectivity index (χ0) is 26.0. The number of anilines is 1. The zero-order valence-electron chi connectivity index (χ0n) is 21.3. The molecule has 2 heterocycles. The molecule has 0 bridgehead atoms. The van der Waals surface area contributed by atoms with Gasteiger partial charge in [0.05, 0.1) is 18.9 Å². The first kappa shape index (κ1) is 25.3. The average Bonchev–Trinajstić information content (AvgIpc) is 3.03. The molecule has 4 rings (SSSR count). The molecule has 0 radical (unpaired) electrons. The third kappa shape index (κ3) is 4.57. The van der Waals surface area contributed by atoms with Crippen LogP contribution in [0, 0.1) is 27.3 Å². The molecule has 0 saturated carbocycles. The van der Waals surface area contributed by atoms with E-state index in [1.807, 2.05) is 63.8 Å². The van der Waals surface area contributed by atoms with E-state index in [0.717, 1.165) is 39.3 Å². The second-order valence-corrected chi connectivity index (χ2v) is 9.88. The second-order valence-electron chi connectivity index (χ2n) is 9.52. The Morgan fingerprint density at radius 2 is 1.75 bits per heavy atom. The molecule has 0 atom stereocenters. The maximum atomic E-state index is 13.4. The number of amides is 1. The fraction of sp³-hybridized carbons (Fsp3) is 0.310. The number of hydrogen-bond acceptors (Lipinski definition) is 4. The lowest BCUT2D eigenvalue weighted by Crippen LogP contribution is -2.44. The van der Waals surface area contributed by atoms with Crippen LogP contribution in [0.5, 0.6) is 5.75 Å². The minimum Gasteiger partial charge on any atom is -0.493 e. The Morgan fingerprint density at radius 3 is 2.42 bits per heavy atom. The monoisotopic (exact) mass is 498 g/mol. The van der Waals surface area contributed by atoms with Crippen molar-refractivity contribution < 1.29 is 9.53 Å². The van der Waals surface area contributed by atoms with Gasteiger partial charge in [-0.25, -0.2) is 4.85 Å². The van der Waals surface area contributed by atoms with Crippen molar-refractivity contribution in [2.75, 3.05) is 18.1 Å². The fourth-order valence-corrected chi connectivity index (χ4v) is 5.02. The Labute approximate surface area is 218 Å². The number of rotatable bonds is 7. The second kappa shape index (κ2) is 10.1. The molecule has 36 heavy (non-hydrogen) atoms. The highest BCUT2D eigenvalue weighted by atomic mass is 32.1. The van der Waals surface area contributed by atoms with Gasteiger partial charge in [0, 0.05) is 18.9 Å². The van der Waals surface area contributed by atoms with Gasteiger partial charge in [-0.3, -0.25) is 14.7 Å². The Balaban J connectivity index is 1.42. The number of benzene rings is 2. The van der Waals surface area contributed by atoms with Crippen molar-refractivity contribution in [2.24, 2.45) is 0 Å². The highest BCUT2D eigenvalue weighted by Crippen LogP contribution is 2.37. The summed E-state index contributed by atoms with van der Waals surface area (Å²) in [5.41, 5.74) is 5.64. The quantitative estimate of drug-likeness (QED) is 0.214. The molecule has 1 saturated heterocycles. The normalized spacial score (nSPS) is 14.8. The van der Waals surface area contributed by atoms with Gasteiger partial charge in [0.25, 0.3) is 5.91 Å². The molecule has 1 aliphatic heterocycles. The van der Waals surface area contributed by atoms with Crippen LogP contribution >= 0.6 is 12.2 Å². The maximum Gasteiger partial charge on any atom is 0.258 e. The number of aryl methyl sites for hydroxylation is 1. The summed E-state index contributed by atoms with van der Waals surface area (Å²) in [4.78, 5) is 24.7. The van der Waals surface area contributed by atoms with Gasteiger partial charge in [0.1, 0.15) is 11.3 Å². The van der Waals surface area contributed by atoms with Crippen molar-refractivity contribution in [3.63, 3.8) is 0 Å². The lowest BCUT2D eigenvalue weighted by atomic mass is 10.0. The number of thiocarbonyl (C=S) groups is 1. The van der Waals surface area contributed by atoms with Crippen LogP contribution in [0.4, 0.5) is 11.4 Å². The van der Waals surface area contributed by atoms with Crippen LogP contribution in [0.25, 0.3) is 16.0 Å². The van der Waals surface area contributed by atoms with E-state index >= 15 is 0 Å². The standard InChI is InChI=1S/C29H30N4O2S/c1-19-18-23(22-12-14-31-15-13-22)8-11-26(19)35-17-7-16-32-28(36)33(27(34)29(32,4)5)25-10-9-24(30-6)20(2)21(25)3/h8-15,18H,7,16-17H2,1-5H3. The molecular formula is C29H30N4O2S. The number of nitrogens with zero attached hydrogens (tertiary/aromatic N) is 4. The van der Waals surface area contributed by atoms with Crippen molar-refractivity contribution in [1.82, 2.24) is 9.88 Å². The fourth-order valence-electron chi connectivity index (χ4n) is 4.52. The van der Waals surface area contributed by atoms with Gasteiger partial charge in [-0.1, -0.05) is 12.1 Å². The number of aromatic nitrogens is 1. The SMILES string of the molecule is [C-]#[N+]c1ccc(N2C(=O)C(C)(C)N(CCCOc3ccc(-c4ccncc4)cc3C)C2=S)c(C)c1C. The third-order valence-electron chi connectivity index (χ3n) is 6.89. The predicted molar refractivity (Wildman–Crippen MR) is 148 cm³/mol. The number of ether oxygens (including phenoxy) is 1. The van der Waals surface area contributed by atoms with Gasteiger partial charge in [-0.05, 0) is 111 Å². The highest BCUT2D eigenvalue weighted by molar-refractivity contribution is 7.80. The van der Waals surface area contributed by atoms with Gasteiger partial charge in [0.2, 0.25) is 0 Å². The molecule has 1 fully saturated rings. The van der Waals surface area contributed by atoms with Crippen molar-refractivity contribution in [2.45, 2.75) is 46.6 Å². The molecule has 6 nitrogen and oxygen atoms in total. The Kier molecular flexibility index (Phi) is 7.09. The van der Waals surface area contributed by atoms with Crippen LogP contribution in [-0.4, -0.2) is 39.6 Å². The zero-order valence-corrected chi connectivity index (χ0v) is 22.1. The van der Waals surface area contributed by atoms with Crippen molar-refractivity contribution in [3.05, 3.63) is 83.0 Å². The summed E-state index contributed by atoms with van der Waals surface area (Å²) in [7, 11) is 0. The third-order valence-corrected chi connectivity index (χ3v) is 7.29. The van der Waals surface area contributed by atoms with Gasteiger partial charge in [-0.15, -0.1) is 0 Å². The van der Waals surface area contributed by atoms with Gasteiger partial charge in [-0.2, -0.15) is 0 Å². The number of pyridine rings is 1. The van der Waals surface area contributed by atoms with E-state index in [9.17, 15) is 4.79 Å². The Morgan fingerprint density at radius 1 is 1.03 bits per heavy atom. The Hall–Kier alpha value is -3.76. The maximum absolute atomic E-state index is 13.4. The van der Waals surface area contributed by atoms with Crippen LogP contribution in [-0.2, 0) is 4.79 Å². The van der Waals surface area contributed by atoms with E-state index in [0.29, 0.717) is 30.4 Å². The average molecular weight is 499 g/mol. The minimum absolute atomic E-state index is 0.0611. The summed E-state index contributed by atoms with van der Waals surface area (Å²) in [6, 6.07) is 13.7. The van der Waals surface area contributed by atoms with Crippen LogP contribution in [0.1, 0.15) is 37.0 Å². The van der Waals surface area contributed by atoms with Crippen molar-refractivity contribution >= 4 is 34.6 Å². The molecule has 2 aromatic carbocycles. The smallest absolute Gasteiger partial charge is 0.258 e. The van der Waals surface area contributed by atoms with E-state index in [4.69, 9.17) is 23.5 Å². The highest BCUT2D eigenvalue weighted by Gasteiger charge is 2.49. The first-order valence-electron chi connectivity index (χ1n) is 11.9. The van der Waals surface area contributed by atoms with Crippen LogP contribution in [0.3, 0.4) is 0 Å². The van der Waals surface area contributed by atoms with Crippen LogP contribution in [0.2, 0.25) is 0 Å². The molecule has 7 heteroatoms. The molecule has 1 aromatic heterocycles. The van der Waals surface area contributed by atoms with Gasteiger partial charge in [0.15, 0.2) is 10.8 Å². The van der Waals surface area contributed by atoms with E-state index < -0.39 is 5.54 Å². The summed E-state index contributed by atoms with van der Waals surface area (Å²) in [6.45, 7) is 18.1. The van der Waals surface area contributed by atoms with Crippen LogP contribution in [0.15, 0.2) is 54.9 Å². The molecule has 3 aromatic rings. The largest absolute Gasteiger partial charge is 0.493 e. The van der Waals surface area contributed by atoms with E-state index in [2.05, 4.69) is 22.0 Å². The minimum atomic E-state index is -0.766. The number of carbonyl (C=O) groups is 1. The summed E-state index contributed by atoms with van der Waals surface area (Å²) in [5.74, 6) is 0.786. The molecule has 0 aliphatic carbocycles. The first-order valence-corrected chi connectivity index (χ1v) is 12.3. The van der Waals surface area contributed by atoms with E-state index in [1.165, 1.54) is 0 Å². The summed E-state index contributed by atoms with van der Waals surface area (Å²) < 4.78 is 6.08. The topological polar surface area (TPSA) is 50.0 Å². The molecule has 0 spiro atoms. The summed E-state index contributed by atoms with van der Waals surface area (Å²) in [5, 5.41) is 0.487. The molecular weight excluding hydrogens is 468 g/mol. The molecule has 1 aliphatic rings. The van der Waals surface area contributed by atoms with E-state index in [1.54, 1.807) is 23.4 Å². The first-order chi connectivity index (χ1) is 17.2. The van der Waals surface area contributed by atoms with E-state index in [-0.39, 0.29) is 5.91 Å². The lowest BCUT2D eigenvalue weighted by molar-refractivity contribution is -0.123. The van der Waals surface area contributed by atoms with Gasteiger partial charge >= 0.3 is 0 Å². The molecule has 1 amide bonds. The summed E-state index contributed by atoms with van der Waals surface area (Å²) >= 11 is 5.78. The van der Waals surface area contributed by atoms with Crippen LogP contribution < -0.4 is 9.64 Å². The van der Waals surface area contributed by atoms with Crippen molar-refractivity contribution in [3.8, 4) is 16.9 Å². The lowest BCUT2D eigenvalue weighted by Gasteiger charge is -2.29. The molecule has 0 unspecified atom stereocenters. The number of hydrogen-bond donors (Lipinski definition) is 0. The molecule has 184 valence electrons. The van der Waals surface area contributed by atoms with Gasteiger partial charge < -0.3 is 9.64 Å². The Bertz CT molecular complexity index is 1360. The summed E-state index contributed by atoms with van der Waals surface area (Å²) in [6.07, 6.45) is 4.29.